The second-order valence-electron chi connectivity index (χ2n) is 4.66. The van der Waals surface area contributed by atoms with E-state index in [2.05, 4.69) is 27.9 Å². The van der Waals surface area contributed by atoms with Crippen LogP contribution < -0.4 is 10.1 Å². The fraction of sp³-hybridized carbons (Fsp3) is 0.133. The number of amides is 1. The molecule has 3 rings (SSSR count). The van der Waals surface area contributed by atoms with Gasteiger partial charge in [0.25, 0.3) is 5.91 Å². The van der Waals surface area contributed by atoms with Crippen molar-refractivity contribution < 1.29 is 14.6 Å². The van der Waals surface area contributed by atoms with Crippen LogP contribution in [-0.4, -0.2) is 17.6 Å². The number of anilines is 1. The van der Waals surface area contributed by atoms with Crippen LogP contribution in [0.2, 0.25) is 5.02 Å². The van der Waals surface area contributed by atoms with Crippen molar-refractivity contribution in [3.05, 3.63) is 56.1 Å². The number of carbonyl (C=O) groups is 1. The minimum Gasteiger partial charge on any atom is -0.482 e. The van der Waals surface area contributed by atoms with E-state index in [1.54, 1.807) is 30.3 Å². The van der Waals surface area contributed by atoms with Crippen molar-refractivity contribution in [3.63, 3.8) is 0 Å². The normalized spacial score (nSPS) is 14.9. The van der Waals surface area contributed by atoms with Crippen molar-refractivity contribution >= 4 is 45.8 Å². The van der Waals surface area contributed by atoms with Crippen molar-refractivity contribution in [2.45, 2.75) is 6.10 Å². The maximum absolute atomic E-state index is 11.4. The highest BCUT2D eigenvalue weighted by molar-refractivity contribution is 14.1. The molecule has 0 fully saturated rings. The van der Waals surface area contributed by atoms with Crippen LogP contribution >= 0.6 is 34.2 Å². The van der Waals surface area contributed by atoms with Gasteiger partial charge in [-0.15, -0.1) is 0 Å². The van der Waals surface area contributed by atoms with Crippen LogP contribution in [-0.2, 0) is 4.79 Å². The Hall–Kier alpha value is -1.31. The summed E-state index contributed by atoms with van der Waals surface area (Å²) in [6.45, 7) is 0.0150. The molecule has 1 amide bonds. The first kappa shape index (κ1) is 14.6. The van der Waals surface area contributed by atoms with Crippen LogP contribution in [0.25, 0.3) is 0 Å². The highest BCUT2D eigenvalue weighted by atomic mass is 127. The molecular weight excluding hydrogens is 405 g/mol. The van der Waals surface area contributed by atoms with Crippen molar-refractivity contribution in [3.8, 4) is 5.75 Å². The summed E-state index contributed by atoms with van der Waals surface area (Å²) in [5.41, 5.74) is 1.96. The van der Waals surface area contributed by atoms with Gasteiger partial charge in [-0.2, -0.15) is 0 Å². The Bertz CT molecular complexity index is 720. The Labute approximate surface area is 140 Å². The van der Waals surface area contributed by atoms with Crippen molar-refractivity contribution in [2.75, 3.05) is 11.9 Å². The van der Waals surface area contributed by atoms with Crippen LogP contribution in [0.5, 0.6) is 5.75 Å². The van der Waals surface area contributed by atoms with Gasteiger partial charge < -0.3 is 15.2 Å². The monoisotopic (exact) mass is 415 g/mol. The van der Waals surface area contributed by atoms with E-state index in [4.69, 9.17) is 16.3 Å². The molecule has 0 aromatic heterocycles. The molecule has 0 radical (unpaired) electrons. The molecule has 1 aliphatic rings. The highest BCUT2D eigenvalue weighted by Gasteiger charge is 2.20. The zero-order valence-corrected chi connectivity index (χ0v) is 13.7. The third-order valence-corrected chi connectivity index (χ3v) is 4.42. The first-order chi connectivity index (χ1) is 10.0. The molecule has 0 aliphatic carbocycles. The molecule has 0 saturated carbocycles. The quantitative estimate of drug-likeness (QED) is 0.740. The lowest BCUT2D eigenvalue weighted by atomic mass is 10.0. The van der Waals surface area contributed by atoms with E-state index >= 15 is 0 Å². The Morgan fingerprint density at radius 2 is 2.10 bits per heavy atom. The average Bonchev–Trinajstić information content (AvgIpc) is 2.48. The zero-order valence-electron chi connectivity index (χ0n) is 10.8. The van der Waals surface area contributed by atoms with Gasteiger partial charge in [0.15, 0.2) is 6.61 Å². The van der Waals surface area contributed by atoms with E-state index < -0.39 is 6.10 Å². The molecule has 2 aromatic rings. The van der Waals surface area contributed by atoms with Gasteiger partial charge in [-0.1, -0.05) is 17.7 Å². The van der Waals surface area contributed by atoms with E-state index in [1.165, 1.54) is 0 Å². The number of nitrogens with one attached hydrogen (secondary N) is 1. The van der Waals surface area contributed by atoms with Crippen molar-refractivity contribution in [1.82, 2.24) is 0 Å². The molecule has 1 aliphatic heterocycles. The topological polar surface area (TPSA) is 58.6 Å². The molecule has 0 saturated heterocycles. The van der Waals surface area contributed by atoms with Gasteiger partial charge in [-0.05, 0) is 64.0 Å². The minimum atomic E-state index is -0.820. The van der Waals surface area contributed by atoms with Crippen LogP contribution in [0, 0.1) is 3.57 Å². The van der Waals surface area contributed by atoms with E-state index in [9.17, 15) is 9.90 Å². The average molecular weight is 416 g/mol. The van der Waals surface area contributed by atoms with Crippen molar-refractivity contribution in [1.29, 1.82) is 0 Å². The fourth-order valence-electron chi connectivity index (χ4n) is 2.17. The number of fused-ring (bicyclic) bond motifs is 1. The highest BCUT2D eigenvalue weighted by Crippen LogP contribution is 2.34. The number of aliphatic hydroxyl groups is 1. The molecule has 0 spiro atoms. The summed E-state index contributed by atoms with van der Waals surface area (Å²) in [5.74, 6) is 0.401. The standard InChI is InChI=1S/C15H11ClINO3/c16-9-2-3-11(17)10(6-9)15(20)8-1-4-13-12(5-8)18-14(19)7-21-13/h1-6,15,20H,7H2,(H,18,19). The summed E-state index contributed by atoms with van der Waals surface area (Å²) in [7, 11) is 0. The van der Waals surface area contributed by atoms with E-state index in [-0.39, 0.29) is 12.5 Å². The summed E-state index contributed by atoms with van der Waals surface area (Å²) < 4.78 is 6.22. The van der Waals surface area contributed by atoms with Gasteiger partial charge in [0.1, 0.15) is 11.9 Å². The molecule has 6 heteroatoms. The summed E-state index contributed by atoms with van der Waals surface area (Å²) in [4.78, 5) is 11.4. The number of aliphatic hydroxyl groups excluding tert-OH is 1. The maximum atomic E-state index is 11.4. The smallest absolute Gasteiger partial charge is 0.262 e. The number of rotatable bonds is 2. The summed E-state index contributed by atoms with van der Waals surface area (Å²) in [5, 5.41) is 13.8. The largest absolute Gasteiger partial charge is 0.482 e. The first-order valence-corrected chi connectivity index (χ1v) is 7.70. The molecule has 4 nitrogen and oxygen atoms in total. The van der Waals surface area contributed by atoms with Gasteiger partial charge in [-0.25, -0.2) is 0 Å². The zero-order chi connectivity index (χ0) is 15.0. The van der Waals surface area contributed by atoms with Gasteiger partial charge in [0.05, 0.1) is 5.69 Å². The number of carbonyl (C=O) groups excluding carboxylic acids is 1. The van der Waals surface area contributed by atoms with Crippen molar-refractivity contribution in [2.24, 2.45) is 0 Å². The van der Waals surface area contributed by atoms with E-state index in [0.717, 1.165) is 9.13 Å². The van der Waals surface area contributed by atoms with Crippen LogP contribution in [0.4, 0.5) is 5.69 Å². The summed E-state index contributed by atoms with van der Waals surface area (Å²) >= 11 is 8.14. The Morgan fingerprint density at radius 3 is 2.90 bits per heavy atom. The molecule has 1 unspecified atom stereocenters. The lowest BCUT2D eigenvalue weighted by Crippen LogP contribution is -2.25. The number of ether oxygens (including phenoxy) is 1. The first-order valence-electron chi connectivity index (χ1n) is 6.24. The van der Waals surface area contributed by atoms with E-state index in [0.29, 0.717) is 22.0 Å². The fourth-order valence-corrected chi connectivity index (χ4v) is 2.99. The van der Waals surface area contributed by atoms with Gasteiger partial charge in [-0.3, -0.25) is 4.79 Å². The molecule has 2 N–H and O–H groups in total. The molecule has 21 heavy (non-hydrogen) atoms. The number of hydrogen-bond acceptors (Lipinski definition) is 3. The van der Waals surface area contributed by atoms with Gasteiger partial charge in [0.2, 0.25) is 0 Å². The summed E-state index contributed by atoms with van der Waals surface area (Å²) in [6.07, 6.45) is -0.820. The molecule has 0 bridgehead atoms. The molecule has 108 valence electrons. The number of halogens is 2. The second kappa shape index (κ2) is 5.82. The summed E-state index contributed by atoms with van der Waals surface area (Å²) in [6, 6.07) is 10.6. The Balaban J connectivity index is 1.98. The Kier molecular flexibility index (Phi) is 4.05. The lowest BCUT2D eigenvalue weighted by Gasteiger charge is -2.20. The van der Waals surface area contributed by atoms with Crippen LogP contribution in [0.3, 0.4) is 0 Å². The van der Waals surface area contributed by atoms with Gasteiger partial charge in [0, 0.05) is 8.59 Å². The Morgan fingerprint density at radius 1 is 1.29 bits per heavy atom. The van der Waals surface area contributed by atoms with Crippen LogP contribution in [0.15, 0.2) is 36.4 Å². The predicted molar refractivity (Wildman–Crippen MR) is 88.8 cm³/mol. The maximum Gasteiger partial charge on any atom is 0.262 e. The third kappa shape index (κ3) is 3.00. The number of hydrogen-bond donors (Lipinski definition) is 2. The molecule has 1 atom stereocenters. The SMILES string of the molecule is O=C1COc2ccc(C(O)c3cc(Cl)ccc3I)cc2N1. The van der Waals surface area contributed by atoms with Crippen LogP contribution in [0.1, 0.15) is 17.2 Å². The third-order valence-electron chi connectivity index (χ3n) is 3.20. The van der Waals surface area contributed by atoms with Gasteiger partial charge >= 0.3 is 0 Å². The predicted octanol–water partition coefficient (Wildman–Crippen LogP) is 3.36. The molecule has 2 aromatic carbocycles. The number of benzene rings is 2. The van der Waals surface area contributed by atoms with E-state index in [1.807, 2.05) is 6.07 Å². The molecular formula is C15H11ClINO3. The molecule has 1 heterocycles. The second-order valence-corrected chi connectivity index (χ2v) is 6.26. The minimum absolute atomic E-state index is 0.0150. The lowest BCUT2D eigenvalue weighted by molar-refractivity contribution is -0.118.